The first kappa shape index (κ1) is 20.9. The van der Waals surface area contributed by atoms with Crippen molar-refractivity contribution in [1.82, 2.24) is 0 Å². The van der Waals surface area contributed by atoms with Gasteiger partial charge in [0.1, 0.15) is 12.1 Å². The molecule has 2 N–H and O–H groups in total. The summed E-state index contributed by atoms with van der Waals surface area (Å²) in [5, 5.41) is 0. The average molecular weight is 332 g/mol. The van der Waals surface area contributed by atoms with Crippen LogP contribution in [0.2, 0.25) is 0 Å². The molecule has 1 aromatic rings. The lowest BCUT2D eigenvalue weighted by Gasteiger charge is -2.25. The van der Waals surface area contributed by atoms with Gasteiger partial charge in [0.2, 0.25) is 0 Å². The standard InChI is InChI=1S/C16H25NO4.ClH/c1-12(17)16(18)21-13(2)15(9-10-19-3)20-11-14-7-5-4-6-8-14;/h4-8,12-13,15H,9-11,17H2,1-3H3;1H/t12-,13-,15+;/m0./s1. The number of halogens is 1. The summed E-state index contributed by atoms with van der Waals surface area (Å²) in [4.78, 5) is 11.6. The highest BCUT2D eigenvalue weighted by Crippen LogP contribution is 2.13. The van der Waals surface area contributed by atoms with Crippen LogP contribution in [0.4, 0.5) is 0 Å². The third kappa shape index (κ3) is 7.75. The third-order valence-electron chi connectivity index (χ3n) is 3.11. The van der Waals surface area contributed by atoms with E-state index in [1.165, 1.54) is 0 Å². The number of ether oxygens (including phenoxy) is 3. The van der Waals surface area contributed by atoms with Crippen molar-refractivity contribution < 1.29 is 19.0 Å². The fraction of sp³-hybridized carbons (Fsp3) is 0.562. The topological polar surface area (TPSA) is 70.8 Å². The van der Waals surface area contributed by atoms with Crippen LogP contribution < -0.4 is 5.73 Å². The first-order chi connectivity index (χ1) is 10.0. The number of rotatable bonds is 9. The van der Waals surface area contributed by atoms with E-state index in [-0.39, 0.29) is 24.6 Å². The van der Waals surface area contributed by atoms with E-state index < -0.39 is 12.0 Å². The Morgan fingerprint density at radius 3 is 2.41 bits per heavy atom. The summed E-state index contributed by atoms with van der Waals surface area (Å²) in [5.41, 5.74) is 6.58. The van der Waals surface area contributed by atoms with Gasteiger partial charge in [-0.1, -0.05) is 30.3 Å². The van der Waals surface area contributed by atoms with Gasteiger partial charge >= 0.3 is 5.97 Å². The van der Waals surface area contributed by atoms with E-state index in [1.807, 2.05) is 37.3 Å². The van der Waals surface area contributed by atoms with E-state index in [4.69, 9.17) is 19.9 Å². The van der Waals surface area contributed by atoms with Crippen LogP contribution >= 0.6 is 12.4 Å². The highest BCUT2D eigenvalue weighted by atomic mass is 35.5. The second-order valence-electron chi connectivity index (χ2n) is 5.05. The maximum atomic E-state index is 11.6. The van der Waals surface area contributed by atoms with E-state index in [9.17, 15) is 4.79 Å². The predicted octanol–water partition coefficient (Wildman–Crippen LogP) is 2.31. The largest absolute Gasteiger partial charge is 0.459 e. The first-order valence-corrected chi connectivity index (χ1v) is 7.15. The van der Waals surface area contributed by atoms with Crippen molar-refractivity contribution in [2.45, 2.75) is 45.1 Å². The number of benzene rings is 1. The Morgan fingerprint density at radius 2 is 1.86 bits per heavy atom. The minimum atomic E-state index is -0.635. The number of carbonyl (C=O) groups is 1. The molecule has 0 unspecified atom stereocenters. The summed E-state index contributed by atoms with van der Waals surface area (Å²) in [6.07, 6.45) is 0.0479. The molecule has 0 aliphatic rings. The lowest BCUT2D eigenvalue weighted by atomic mass is 10.1. The summed E-state index contributed by atoms with van der Waals surface area (Å²) in [6.45, 7) is 4.42. The molecular weight excluding hydrogens is 306 g/mol. The van der Waals surface area contributed by atoms with Crippen LogP contribution in [0, 0.1) is 0 Å². The number of hydrogen-bond donors (Lipinski definition) is 1. The lowest BCUT2D eigenvalue weighted by Crippen LogP contribution is -2.37. The van der Waals surface area contributed by atoms with Crippen molar-refractivity contribution in [3.8, 4) is 0 Å². The maximum absolute atomic E-state index is 11.6. The van der Waals surface area contributed by atoms with Gasteiger partial charge in [-0.15, -0.1) is 12.4 Å². The maximum Gasteiger partial charge on any atom is 0.322 e. The van der Waals surface area contributed by atoms with Crippen molar-refractivity contribution in [3.63, 3.8) is 0 Å². The van der Waals surface area contributed by atoms with Gasteiger partial charge < -0.3 is 19.9 Å². The van der Waals surface area contributed by atoms with Crippen LogP contribution in [-0.4, -0.2) is 37.9 Å². The molecule has 0 aliphatic heterocycles. The third-order valence-corrected chi connectivity index (χ3v) is 3.11. The normalized spacial score (nSPS) is 14.5. The van der Waals surface area contributed by atoms with Crippen molar-refractivity contribution in [2.75, 3.05) is 13.7 Å². The minimum absolute atomic E-state index is 0. The van der Waals surface area contributed by atoms with Gasteiger partial charge in [0.25, 0.3) is 0 Å². The first-order valence-electron chi connectivity index (χ1n) is 7.15. The van der Waals surface area contributed by atoms with E-state index >= 15 is 0 Å². The Morgan fingerprint density at radius 1 is 1.23 bits per heavy atom. The van der Waals surface area contributed by atoms with Crippen LogP contribution in [0.5, 0.6) is 0 Å². The summed E-state index contributed by atoms with van der Waals surface area (Å²) in [6, 6.07) is 9.23. The molecule has 22 heavy (non-hydrogen) atoms. The van der Waals surface area contributed by atoms with Gasteiger partial charge in [-0.05, 0) is 19.4 Å². The lowest BCUT2D eigenvalue weighted by molar-refractivity contribution is -0.158. The molecule has 126 valence electrons. The van der Waals surface area contributed by atoms with E-state index in [0.717, 1.165) is 5.56 Å². The van der Waals surface area contributed by atoms with E-state index in [2.05, 4.69) is 0 Å². The molecular formula is C16H26ClNO4. The Hall–Kier alpha value is -1.14. The second kappa shape index (κ2) is 11.4. The Balaban J connectivity index is 0.00000441. The monoisotopic (exact) mass is 331 g/mol. The predicted molar refractivity (Wildman–Crippen MR) is 88.0 cm³/mol. The molecule has 0 aromatic heterocycles. The summed E-state index contributed by atoms with van der Waals surface area (Å²) < 4.78 is 16.3. The SMILES string of the molecule is COCC[C@@H](OCc1ccccc1)[C@H](C)OC(=O)[C@H](C)N.Cl. The summed E-state index contributed by atoms with van der Waals surface area (Å²) >= 11 is 0. The van der Waals surface area contributed by atoms with Crippen molar-refractivity contribution in [2.24, 2.45) is 5.73 Å². The van der Waals surface area contributed by atoms with E-state index in [0.29, 0.717) is 19.6 Å². The zero-order valence-corrected chi connectivity index (χ0v) is 14.2. The fourth-order valence-corrected chi connectivity index (χ4v) is 1.83. The molecule has 6 heteroatoms. The molecule has 1 rings (SSSR count). The van der Waals surface area contributed by atoms with Gasteiger partial charge in [0, 0.05) is 20.1 Å². The molecule has 0 heterocycles. The average Bonchev–Trinajstić information content (AvgIpc) is 2.48. The van der Waals surface area contributed by atoms with Crippen LogP contribution in [0.25, 0.3) is 0 Å². The molecule has 0 amide bonds. The fourth-order valence-electron chi connectivity index (χ4n) is 1.83. The highest BCUT2D eigenvalue weighted by molar-refractivity contribution is 5.85. The summed E-state index contributed by atoms with van der Waals surface area (Å²) in [7, 11) is 1.63. The summed E-state index contributed by atoms with van der Waals surface area (Å²) in [5.74, 6) is -0.423. The molecule has 0 bridgehead atoms. The van der Waals surface area contributed by atoms with Gasteiger partial charge in [-0.25, -0.2) is 0 Å². The Bertz CT molecular complexity index is 414. The van der Waals surface area contributed by atoms with Crippen LogP contribution in [-0.2, 0) is 25.6 Å². The molecule has 0 saturated heterocycles. The number of hydrogen-bond acceptors (Lipinski definition) is 5. The van der Waals surface area contributed by atoms with Crippen molar-refractivity contribution >= 4 is 18.4 Å². The molecule has 1 aromatic carbocycles. The number of nitrogens with two attached hydrogens (primary N) is 1. The number of esters is 1. The van der Waals surface area contributed by atoms with Gasteiger partial charge in [0.05, 0.1) is 12.7 Å². The van der Waals surface area contributed by atoms with Crippen LogP contribution in [0.3, 0.4) is 0 Å². The zero-order valence-electron chi connectivity index (χ0n) is 13.4. The molecule has 0 saturated carbocycles. The molecule has 0 fully saturated rings. The van der Waals surface area contributed by atoms with Gasteiger partial charge in [-0.2, -0.15) is 0 Å². The van der Waals surface area contributed by atoms with Gasteiger partial charge in [-0.3, -0.25) is 4.79 Å². The Kier molecular flexibility index (Phi) is 10.8. The quantitative estimate of drug-likeness (QED) is 0.703. The van der Waals surface area contributed by atoms with Crippen molar-refractivity contribution in [3.05, 3.63) is 35.9 Å². The van der Waals surface area contributed by atoms with Gasteiger partial charge in [0.15, 0.2) is 0 Å². The molecule has 0 spiro atoms. The second-order valence-corrected chi connectivity index (χ2v) is 5.05. The van der Waals surface area contributed by atoms with Crippen LogP contribution in [0.15, 0.2) is 30.3 Å². The smallest absolute Gasteiger partial charge is 0.322 e. The van der Waals surface area contributed by atoms with E-state index in [1.54, 1.807) is 14.0 Å². The number of carbonyl (C=O) groups excluding carboxylic acids is 1. The number of methoxy groups -OCH3 is 1. The molecule has 3 atom stereocenters. The zero-order chi connectivity index (χ0) is 15.7. The van der Waals surface area contributed by atoms with Crippen LogP contribution in [0.1, 0.15) is 25.8 Å². The molecule has 5 nitrogen and oxygen atoms in total. The molecule has 0 radical (unpaired) electrons. The van der Waals surface area contributed by atoms with Crippen molar-refractivity contribution in [1.29, 1.82) is 0 Å². The minimum Gasteiger partial charge on any atom is -0.459 e. The Labute approximate surface area is 138 Å². The molecule has 0 aliphatic carbocycles. The highest BCUT2D eigenvalue weighted by Gasteiger charge is 2.23.